The van der Waals surface area contributed by atoms with E-state index in [1.165, 1.54) is 11.6 Å². The van der Waals surface area contributed by atoms with E-state index in [1.807, 2.05) is 17.3 Å². The smallest absolute Gasteiger partial charge is 0.159 e. The third kappa shape index (κ3) is 4.33. The Morgan fingerprint density at radius 2 is 2.00 bits per heavy atom. The molecule has 1 N–H and O–H groups in total. The van der Waals surface area contributed by atoms with Crippen molar-refractivity contribution < 1.29 is 13.9 Å². The van der Waals surface area contributed by atoms with E-state index in [0.29, 0.717) is 12.1 Å². The highest BCUT2D eigenvalue weighted by molar-refractivity contribution is 7.07. The largest absolute Gasteiger partial charge is 0.387 e. The molecule has 2 rings (SSSR count). The van der Waals surface area contributed by atoms with Crippen molar-refractivity contribution in [2.45, 2.75) is 25.5 Å². The first-order valence-electron chi connectivity index (χ1n) is 6.81. The molecule has 0 spiro atoms. The third-order valence-corrected chi connectivity index (χ3v) is 4.39. The van der Waals surface area contributed by atoms with Crippen molar-refractivity contribution in [3.05, 3.63) is 57.8 Å². The van der Waals surface area contributed by atoms with Gasteiger partial charge in [-0.15, -0.1) is 0 Å². The number of aliphatic hydroxyl groups excluding tert-OH is 1. The fraction of sp³-hybridized carbons (Fsp3) is 0.375. The van der Waals surface area contributed by atoms with Gasteiger partial charge in [-0.05, 0) is 60.5 Å². The molecule has 0 radical (unpaired) electrons. The fourth-order valence-corrected chi connectivity index (χ4v) is 2.87. The van der Waals surface area contributed by atoms with Crippen molar-refractivity contribution in [3.63, 3.8) is 0 Å². The number of likely N-dealkylation sites (N-methyl/N-ethyl adjacent to an activating group) is 1. The first-order chi connectivity index (χ1) is 9.97. The molecule has 0 saturated heterocycles. The number of benzene rings is 1. The predicted octanol–water partition coefficient (Wildman–Crippen LogP) is 3.62. The number of aliphatic hydroxyl groups is 1. The van der Waals surface area contributed by atoms with E-state index in [4.69, 9.17) is 0 Å². The molecule has 114 valence electrons. The van der Waals surface area contributed by atoms with Crippen molar-refractivity contribution in [2.24, 2.45) is 0 Å². The zero-order valence-electron chi connectivity index (χ0n) is 12.1. The quantitative estimate of drug-likeness (QED) is 0.881. The van der Waals surface area contributed by atoms with Gasteiger partial charge in [0.25, 0.3) is 0 Å². The van der Waals surface area contributed by atoms with Gasteiger partial charge >= 0.3 is 0 Å². The Morgan fingerprint density at radius 3 is 2.62 bits per heavy atom. The number of hydrogen-bond donors (Lipinski definition) is 1. The molecular weight excluding hydrogens is 292 g/mol. The first kappa shape index (κ1) is 16.1. The first-order valence-corrected chi connectivity index (χ1v) is 7.76. The third-order valence-electron chi connectivity index (χ3n) is 3.65. The molecule has 1 heterocycles. The maximum Gasteiger partial charge on any atom is 0.159 e. The Morgan fingerprint density at radius 1 is 1.24 bits per heavy atom. The summed E-state index contributed by atoms with van der Waals surface area (Å²) in [4.78, 5) is 2.02. The van der Waals surface area contributed by atoms with Crippen molar-refractivity contribution in [2.75, 3.05) is 13.6 Å². The van der Waals surface area contributed by atoms with Gasteiger partial charge in [0.1, 0.15) is 0 Å². The molecule has 0 saturated carbocycles. The summed E-state index contributed by atoms with van der Waals surface area (Å²) in [6, 6.07) is 5.85. The summed E-state index contributed by atoms with van der Waals surface area (Å²) in [5, 5.41) is 14.3. The van der Waals surface area contributed by atoms with Gasteiger partial charge in [-0.1, -0.05) is 6.07 Å². The highest BCUT2D eigenvalue weighted by atomic mass is 32.1. The topological polar surface area (TPSA) is 23.5 Å². The van der Waals surface area contributed by atoms with Crippen LogP contribution in [0.1, 0.15) is 24.2 Å². The molecule has 1 aromatic carbocycles. The molecule has 0 fully saturated rings. The maximum atomic E-state index is 13.2. The van der Waals surface area contributed by atoms with Gasteiger partial charge in [0, 0.05) is 12.6 Å². The van der Waals surface area contributed by atoms with E-state index in [-0.39, 0.29) is 6.04 Å². The Labute approximate surface area is 127 Å². The predicted molar refractivity (Wildman–Crippen MR) is 81.4 cm³/mol. The molecule has 2 unspecified atom stereocenters. The summed E-state index contributed by atoms with van der Waals surface area (Å²) < 4.78 is 26.1. The van der Waals surface area contributed by atoms with Gasteiger partial charge in [0.15, 0.2) is 11.6 Å². The zero-order chi connectivity index (χ0) is 15.4. The Bertz CT molecular complexity index is 574. The molecule has 0 aliphatic heterocycles. The highest BCUT2D eigenvalue weighted by Gasteiger charge is 2.17. The van der Waals surface area contributed by atoms with Gasteiger partial charge in [0.2, 0.25) is 0 Å². The minimum absolute atomic E-state index is 0.250. The maximum absolute atomic E-state index is 13.2. The van der Waals surface area contributed by atoms with Gasteiger partial charge in [-0.2, -0.15) is 11.3 Å². The molecule has 2 atom stereocenters. The van der Waals surface area contributed by atoms with Crippen LogP contribution in [0.3, 0.4) is 0 Å². The van der Waals surface area contributed by atoms with E-state index >= 15 is 0 Å². The standard InChI is InChI=1S/C16H19F2NOS/c1-11(7-12-5-6-21-10-12)19(2)9-16(20)13-3-4-14(17)15(18)8-13/h3-6,8,10-11,16,20H,7,9H2,1-2H3. The summed E-state index contributed by atoms with van der Waals surface area (Å²) in [5.41, 5.74) is 1.66. The van der Waals surface area contributed by atoms with E-state index in [1.54, 1.807) is 11.3 Å². The van der Waals surface area contributed by atoms with Crippen LogP contribution in [0.5, 0.6) is 0 Å². The van der Waals surface area contributed by atoms with Crippen LogP contribution in [0, 0.1) is 11.6 Å². The molecule has 2 aromatic rings. The van der Waals surface area contributed by atoms with Crippen LogP contribution in [-0.4, -0.2) is 29.6 Å². The zero-order valence-corrected chi connectivity index (χ0v) is 12.9. The van der Waals surface area contributed by atoms with Crippen molar-refractivity contribution in [1.29, 1.82) is 0 Å². The summed E-state index contributed by atoms with van der Waals surface area (Å²) in [6.07, 6.45) is 0.0554. The highest BCUT2D eigenvalue weighted by Crippen LogP contribution is 2.19. The summed E-state index contributed by atoms with van der Waals surface area (Å²) >= 11 is 1.66. The van der Waals surface area contributed by atoms with Crippen LogP contribution in [0.15, 0.2) is 35.0 Å². The fourth-order valence-electron chi connectivity index (χ4n) is 2.18. The van der Waals surface area contributed by atoms with Crippen molar-refractivity contribution in [3.8, 4) is 0 Å². The monoisotopic (exact) mass is 311 g/mol. The van der Waals surface area contributed by atoms with E-state index in [0.717, 1.165) is 18.6 Å². The Balaban J connectivity index is 1.94. The van der Waals surface area contributed by atoms with Gasteiger partial charge in [0.05, 0.1) is 6.10 Å². The SMILES string of the molecule is CC(Cc1ccsc1)N(C)CC(O)c1ccc(F)c(F)c1. The average Bonchev–Trinajstić information content (AvgIpc) is 2.94. The minimum Gasteiger partial charge on any atom is -0.387 e. The molecule has 2 nitrogen and oxygen atoms in total. The number of nitrogens with zero attached hydrogens (tertiary/aromatic N) is 1. The van der Waals surface area contributed by atoms with Gasteiger partial charge in [-0.25, -0.2) is 8.78 Å². The molecule has 0 amide bonds. The normalized spacial score (nSPS) is 14.4. The van der Waals surface area contributed by atoms with Crippen LogP contribution < -0.4 is 0 Å². The summed E-state index contributed by atoms with van der Waals surface area (Å²) in [7, 11) is 1.92. The lowest BCUT2D eigenvalue weighted by molar-refractivity contribution is 0.108. The second-order valence-electron chi connectivity index (χ2n) is 5.31. The minimum atomic E-state index is -0.930. The molecule has 0 bridgehead atoms. The van der Waals surface area contributed by atoms with Gasteiger partial charge in [-0.3, -0.25) is 0 Å². The lowest BCUT2D eigenvalue weighted by Gasteiger charge is -2.27. The molecule has 0 aliphatic rings. The average molecular weight is 311 g/mol. The number of rotatable bonds is 6. The second kappa shape index (κ2) is 7.11. The lowest BCUT2D eigenvalue weighted by atomic mass is 10.1. The lowest BCUT2D eigenvalue weighted by Crippen LogP contribution is -2.34. The summed E-state index contributed by atoms with van der Waals surface area (Å²) in [5.74, 6) is -1.83. The molecule has 5 heteroatoms. The van der Waals surface area contributed by atoms with Crippen molar-refractivity contribution in [1.82, 2.24) is 4.90 Å². The number of halogens is 2. The second-order valence-corrected chi connectivity index (χ2v) is 6.09. The van der Waals surface area contributed by atoms with Crippen LogP contribution in [-0.2, 0) is 6.42 Å². The van der Waals surface area contributed by atoms with Crippen LogP contribution >= 0.6 is 11.3 Å². The van der Waals surface area contributed by atoms with E-state index in [9.17, 15) is 13.9 Å². The molecule has 0 aliphatic carbocycles. The van der Waals surface area contributed by atoms with E-state index in [2.05, 4.69) is 18.4 Å². The van der Waals surface area contributed by atoms with E-state index < -0.39 is 17.7 Å². The van der Waals surface area contributed by atoms with Crippen molar-refractivity contribution >= 4 is 11.3 Å². The molecular formula is C16H19F2NOS. The Hall–Kier alpha value is -1.30. The Kier molecular flexibility index (Phi) is 5.45. The van der Waals surface area contributed by atoms with Crippen LogP contribution in [0.4, 0.5) is 8.78 Å². The van der Waals surface area contributed by atoms with Gasteiger partial charge < -0.3 is 10.0 Å². The number of thiophene rings is 1. The number of hydrogen-bond acceptors (Lipinski definition) is 3. The summed E-state index contributed by atoms with van der Waals surface area (Å²) in [6.45, 7) is 2.45. The van der Waals surface area contributed by atoms with Crippen LogP contribution in [0.2, 0.25) is 0 Å². The van der Waals surface area contributed by atoms with Crippen LogP contribution in [0.25, 0.3) is 0 Å². The molecule has 21 heavy (non-hydrogen) atoms. The molecule has 1 aromatic heterocycles.